The van der Waals surface area contributed by atoms with Gasteiger partial charge in [-0.1, -0.05) is 24.3 Å². The molecule has 0 radical (unpaired) electrons. The maximum absolute atomic E-state index is 8.72. The Morgan fingerprint density at radius 1 is 1.00 bits per heavy atom. The van der Waals surface area contributed by atoms with E-state index in [1.807, 2.05) is 42.5 Å². The monoisotopic (exact) mass is 261 g/mol. The van der Waals surface area contributed by atoms with Crippen molar-refractivity contribution in [3.63, 3.8) is 0 Å². The SMILES string of the molecule is N#Cc1ccc(Oc2ccc(N)c3ccccc23)cn1. The zero-order valence-corrected chi connectivity index (χ0v) is 10.6. The van der Waals surface area contributed by atoms with Gasteiger partial charge in [0.05, 0.1) is 6.20 Å². The van der Waals surface area contributed by atoms with Crippen molar-refractivity contribution in [1.29, 1.82) is 5.26 Å². The molecule has 2 N–H and O–H groups in total. The average molecular weight is 261 g/mol. The number of nitrogens with two attached hydrogens (primary N) is 1. The Hall–Kier alpha value is -3.06. The van der Waals surface area contributed by atoms with Gasteiger partial charge in [0, 0.05) is 16.5 Å². The van der Waals surface area contributed by atoms with E-state index < -0.39 is 0 Å². The van der Waals surface area contributed by atoms with Crippen LogP contribution in [0.4, 0.5) is 5.69 Å². The third-order valence-corrected chi connectivity index (χ3v) is 3.00. The van der Waals surface area contributed by atoms with E-state index in [0.717, 1.165) is 10.8 Å². The van der Waals surface area contributed by atoms with Crippen LogP contribution >= 0.6 is 0 Å². The molecule has 0 aliphatic carbocycles. The predicted octanol–water partition coefficient (Wildman–Crippen LogP) is 3.48. The second kappa shape index (κ2) is 4.90. The molecule has 4 heteroatoms. The molecular weight excluding hydrogens is 250 g/mol. The fraction of sp³-hybridized carbons (Fsp3) is 0. The molecule has 1 aromatic heterocycles. The van der Waals surface area contributed by atoms with Gasteiger partial charge in [-0.25, -0.2) is 4.98 Å². The lowest BCUT2D eigenvalue weighted by Crippen LogP contribution is -1.91. The molecule has 3 aromatic rings. The molecule has 0 fully saturated rings. The van der Waals surface area contributed by atoms with E-state index in [2.05, 4.69) is 4.98 Å². The number of fused-ring (bicyclic) bond motifs is 1. The molecular formula is C16H11N3O. The normalized spacial score (nSPS) is 10.2. The zero-order valence-electron chi connectivity index (χ0n) is 10.6. The number of rotatable bonds is 2. The maximum Gasteiger partial charge on any atom is 0.145 e. The first-order chi connectivity index (χ1) is 9.78. The van der Waals surface area contributed by atoms with Crippen LogP contribution in [0.3, 0.4) is 0 Å². The summed E-state index contributed by atoms with van der Waals surface area (Å²) in [5.74, 6) is 1.29. The van der Waals surface area contributed by atoms with Crippen molar-refractivity contribution >= 4 is 16.5 Å². The van der Waals surface area contributed by atoms with E-state index >= 15 is 0 Å². The average Bonchev–Trinajstić information content (AvgIpc) is 2.51. The molecule has 3 rings (SSSR count). The van der Waals surface area contributed by atoms with Crippen LogP contribution in [0.15, 0.2) is 54.7 Å². The Balaban J connectivity index is 2.02. The number of hydrogen-bond donors (Lipinski definition) is 1. The van der Waals surface area contributed by atoms with Crippen molar-refractivity contribution in [3.05, 3.63) is 60.4 Å². The number of anilines is 1. The highest BCUT2D eigenvalue weighted by molar-refractivity contribution is 5.97. The van der Waals surface area contributed by atoms with Crippen molar-refractivity contribution in [2.45, 2.75) is 0 Å². The number of nitriles is 1. The summed E-state index contributed by atoms with van der Waals surface area (Å²) in [6.07, 6.45) is 1.53. The summed E-state index contributed by atoms with van der Waals surface area (Å²) in [6.45, 7) is 0. The Morgan fingerprint density at radius 2 is 1.80 bits per heavy atom. The smallest absolute Gasteiger partial charge is 0.145 e. The molecule has 1 heterocycles. The van der Waals surface area contributed by atoms with Crippen LogP contribution < -0.4 is 10.5 Å². The summed E-state index contributed by atoms with van der Waals surface area (Å²) in [6, 6.07) is 16.7. The van der Waals surface area contributed by atoms with Crippen LogP contribution in [-0.2, 0) is 0 Å². The molecule has 0 aliphatic heterocycles. The van der Waals surface area contributed by atoms with E-state index in [9.17, 15) is 0 Å². The lowest BCUT2D eigenvalue weighted by Gasteiger charge is -2.10. The zero-order chi connectivity index (χ0) is 13.9. The molecule has 4 nitrogen and oxygen atoms in total. The number of aromatic nitrogens is 1. The van der Waals surface area contributed by atoms with Gasteiger partial charge in [0.15, 0.2) is 0 Å². The van der Waals surface area contributed by atoms with Gasteiger partial charge in [0.1, 0.15) is 23.3 Å². The van der Waals surface area contributed by atoms with Gasteiger partial charge >= 0.3 is 0 Å². The van der Waals surface area contributed by atoms with Crippen molar-refractivity contribution < 1.29 is 4.74 Å². The largest absolute Gasteiger partial charge is 0.455 e. The summed E-state index contributed by atoms with van der Waals surface area (Å²) in [5, 5.41) is 10.6. The number of ether oxygens (including phenoxy) is 1. The van der Waals surface area contributed by atoms with Crippen LogP contribution in [0.25, 0.3) is 10.8 Å². The maximum atomic E-state index is 8.72. The van der Waals surface area contributed by atoms with Crippen molar-refractivity contribution in [1.82, 2.24) is 4.98 Å². The summed E-state index contributed by atoms with van der Waals surface area (Å²) < 4.78 is 5.82. The first-order valence-corrected chi connectivity index (χ1v) is 6.09. The van der Waals surface area contributed by atoms with Gasteiger partial charge in [-0.05, 0) is 24.3 Å². The van der Waals surface area contributed by atoms with E-state index in [1.54, 1.807) is 12.1 Å². The van der Waals surface area contributed by atoms with Gasteiger partial charge < -0.3 is 10.5 Å². The molecule has 0 atom stereocenters. The number of nitrogens with zero attached hydrogens (tertiary/aromatic N) is 2. The molecule has 2 aromatic carbocycles. The molecule has 0 spiro atoms. The predicted molar refractivity (Wildman–Crippen MR) is 77.4 cm³/mol. The van der Waals surface area contributed by atoms with Crippen LogP contribution in [0, 0.1) is 11.3 Å². The van der Waals surface area contributed by atoms with Gasteiger partial charge in [0.25, 0.3) is 0 Å². The minimum atomic E-state index is 0.361. The first-order valence-electron chi connectivity index (χ1n) is 6.09. The standard InChI is InChI=1S/C16H11N3O/c17-9-11-5-6-12(10-19-11)20-16-8-7-15(18)13-3-1-2-4-14(13)16/h1-8,10H,18H2. The molecule has 0 unspecified atom stereocenters. The summed E-state index contributed by atoms with van der Waals surface area (Å²) in [4.78, 5) is 3.98. The molecule has 0 amide bonds. The highest BCUT2D eigenvalue weighted by atomic mass is 16.5. The van der Waals surface area contributed by atoms with E-state index in [4.69, 9.17) is 15.7 Å². The van der Waals surface area contributed by atoms with Gasteiger partial charge in [0.2, 0.25) is 0 Å². The van der Waals surface area contributed by atoms with Crippen molar-refractivity contribution in [2.24, 2.45) is 0 Å². The molecule has 0 saturated carbocycles. The Kier molecular flexibility index (Phi) is 2.94. The highest BCUT2D eigenvalue weighted by Crippen LogP contribution is 2.32. The molecule has 0 saturated heterocycles. The Labute approximate surface area is 116 Å². The summed E-state index contributed by atoms with van der Waals surface area (Å²) in [5.41, 5.74) is 7.03. The minimum Gasteiger partial charge on any atom is -0.455 e. The van der Waals surface area contributed by atoms with E-state index in [0.29, 0.717) is 22.9 Å². The third-order valence-electron chi connectivity index (χ3n) is 3.00. The van der Waals surface area contributed by atoms with Crippen LogP contribution in [0.5, 0.6) is 11.5 Å². The Bertz CT molecular complexity index is 804. The number of benzene rings is 2. The fourth-order valence-electron chi connectivity index (χ4n) is 2.02. The van der Waals surface area contributed by atoms with Gasteiger partial charge in [-0.2, -0.15) is 5.26 Å². The van der Waals surface area contributed by atoms with Gasteiger partial charge in [-0.3, -0.25) is 0 Å². The number of hydrogen-bond acceptors (Lipinski definition) is 4. The quantitative estimate of drug-likeness (QED) is 0.717. The number of nitrogen functional groups attached to an aromatic ring is 1. The fourth-order valence-corrected chi connectivity index (χ4v) is 2.02. The number of pyridine rings is 1. The van der Waals surface area contributed by atoms with Crippen LogP contribution in [0.2, 0.25) is 0 Å². The third kappa shape index (κ3) is 2.13. The second-order valence-corrected chi connectivity index (χ2v) is 4.29. The molecule has 20 heavy (non-hydrogen) atoms. The summed E-state index contributed by atoms with van der Waals surface area (Å²) >= 11 is 0. The highest BCUT2D eigenvalue weighted by Gasteiger charge is 2.06. The molecule has 0 aliphatic rings. The molecule has 96 valence electrons. The lowest BCUT2D eigenvalue weighted by molar-refractivity contribution is 0.486. The molecule has 0 bridgehead atoms. The van der Waals surface area contributed by atoms with Crippen molar-refractivity contribution in [3.8, 4) is 17.6 Å². The van der Waals surface area contributed by atoms with Gasteiger partial charge in [-0.15, -0.1) is 0 Å². The Morgan fingerprint density at radius 3 is 2.50 bits per heavy atom. The van der Waals surface area contributed by atoms with Crippen LogP contribution in [-0.4, -0.2) is 4.98 Å². The van der Waals surface area contributed by atoms with Crippen LogP contribution in [0.1, 0.15) is 5.69 Å². The second-order valence-electron chi connectivity index (χ2n) is 4.29. The topological polar surface area (TPSA) is 71.9 Å². The van der Waals surface area contributed by atoms with E-state index in [-0.39, 0.29) is 0 Å². The minimum absolute atomic E-state index is 0.361. The lowest BCUT2D eigenvalue weighted by atomic mass is 10.1. The summed E-state index contributed by atoms with van der Waals surface area (Å²) in [7, 11) is 0. The van der Waals surface area contributed by atoms with E-state index in [1.165, 1.54) is 6.20 Å². The first kappa shape index (κ1) is 12.0. The van der Waals surface area contributed by atoms with Crippen molar-refractivity contribution in [2.75, 3.05) is 5.73 Å².